The molecule has 0 saturated carbocycles. The highest BCUT2D eigenvalue weighted by molar-refractivity contribution is 7.89. The zero-order valence-electron chi connectivity index (χ0n) is 13.0. The average Bonchev–Trinajstić information content (AvgIpc) is 2.51. The van der Waals surface area contributed by atoms with Crippen molar-refractivity contribution in [2.45, 2.75) is 24.5 Å². The number of sulfonamides is 1. The maximum atomic E-state index is 14.0. The third-order valence-electron chi connectivity index (χ3n) is 4.24. The Morgan fingerprint density at radius 3 is 2.52 bits per heavy atom. The van der Waals surface area contributed by atoms with Crippen LogP contribution in [0, 0.1) is 12.7 Å². The van der Waals surface area contributed by atoms with Gasteiger partial charge in [0, 0.05) is 18.7 Å². The molecule has 1 heterocycles. The van der Waals surface area contributed by atoms with Crippen molar-refractivity contribution in [1.29, 1.82) is 0 Å². The molecule has 0 fully saturated rings. The number of rotatable bonds is 2. The molecule has 2 aromatic rings. The number of nitrogens with zero attached hydrogens (tertiary/aromatic N) is 1. The Kier molecular flexibility index (Phi) is 4.04. The Morgan fingerprint density at radius 1 is 1.22 bits per heavy atom. The van der Waals surface area contributed by atoms with E-state index in [4.69, 9.17) is 0 Å². The van der Waals surface area contributed by atoms with Gasteiger partial charge >= 0.3 is 0 Å². The molecule has 1 atom stereocenters. The molecule has 7 heteroatoms. The van der Waals surface area contributed by atoms with Gasteiger partial charge in [0.1, 0.15) is 13.7 Å². The van der Waals surface area contributed by atoms with E-state index in [0.29, 0.717) is 5.56 Å². The minimum atomic E-state index is -3.73. The number of hydrogen-bond acceptors (Lipinski definition) is 3. The predicted molar refractivity (Wildman–Crippen MR) is 88.3 cm³/mol. The summed E-state index contributed by atoms with van der Waals surface area (Å²) in [7, 11) is -1.95. The van der Waals surface area contributed by atoms with Gasteiger partial charge in [-0.15, -0.1) is 0 Å². The van der Waals surface area contributed by atoms with Crippen molar-refractivity contribution >= 4 is 23.3 Å². The second-order valence-corrected chi connectivity index (χ2v) is 7.82. The molecule has 0 saturated heterocycles. The van der Waals surface area contributed by atoms with Crippen LogP contribution in [0.2, 0.25) is 0 Å². The van der Waals surface area contributed by atoms with Gasteiger partial charge in [-0.3, -0.25) is 0 Å². The van der Waals surface area contributed by atoms with Crippen molar-refractivity contribution in [3.05, 3.63) is 58.9 Å². The van der Waals surface area contributed by atoms with Gasteiger partial charge < -0.3 is 5.11 Å². The highest BCUT2D eigenvalue weighted by Crippen LogP contribution is 2.31. The van der Waals surface area contributed by atoms with E-state index in [0.717, 1.165) is 11.0 Å². The van der Waals surface area contributed by atoms with Gasteiger partial charge in [0.05, 0.1) is 11.0 Å². The molecule has 0 aromatic heterocycles. The Labute approximate surface area is 136 Å². The van der Waals surface area contributed by atoms with E-state index < -0.39 is 21.9 Å². The summed E-state index contributed by atoms with van der Waals surface area (Å²) in [4.78, 5) is 0.174. The Balaban J connectivity index is 2.03. The molecule has 0 spiro atoms. The number of hydrogen-bond donors (Lipinski definition) is 1. The topological polar surface area (TPSA) is 57.6 Å². The van der Waals surface area contributed by atoms with Crippen molar-refractivity contribution in [3.8, 4) is 0 Å². The summed E-state index contributed by atoms with van der Waals surface area (Å²) >= 11 is 0. The lowest BCUT2D eigenvalue weighted by Gasteiger charge is -2.32. The zero-order valence-corrected chi connectivity index (χ0v) is 13.8. The number of fused-ring (bicyclic) bond motifs is 1. The average molecular weight is 333 g/mol. The van der Waals surface area contributed by atoms with E-state index in [9.17, 15) is 17.9 Å². The summed E-state index contributed by atoms with van der Waals surface area (Å²) in [5, 5.41) is 10.2. The van der Waals surface area contributed by atoms with Gasteiger partial charge in [-0.05, 0) is 30.7 Å². The van der Waals surface area contributed by atoms with Gasteiger partial charge in [-0.2, -0.15) is 4.31 Å². The summed E-state index contributed by atoms with van der Waals surface area (Å²) in [5.74, 6) is -0.495. The van der Waals surface area contributed by atoms with Gasteiger partial charge in [0.15, 0.2) is 0 Å². The molecular formula is C16H17BFNO3S. The smallest absolute Gasteiger partial charge is 0.243 e. The lowest BCUT2D eigenvalue weighted by atomic mass is 9.84. The molecule has 0 amide bonds. The molecule has 3 rings (SSSR count). The molecule has 4 nitrogen and oxygen atoms in total. The van der Waals surface area contributed by atoms with E-state index >= 15 is 0 Å². The van der Waals surface area contributed by atoms with E-state index in [1.165, 1.54) is 10.4 Å². The van der Waals surface area contributed by atoms with Crippen molar-refractivity contribution in [1.82, 2.24) is 4.31 Å². The second-order valence-electron chi connectivity index (χ2n) is 5.88. The minimum absolute atomic E-state index is 0.0617. The first kappa shape index (κ1) is 16.2. The van der Waals surface area contributed by atoms with Crippen LogP contribution in [0.3, 0.4) is 0 Å². The molecule has 2 aromatic carbocycles. The Hall–Kier alpha value is -1.70. The van der Waals surface area contributed by atoms with Gasteiger partial charge in [0.25, 0.3) is 0 Å². The van der Waals surface area contributed by atoms with Crippen LogP contribution in [0.5, 0.6) is 0 Å². The molecule has 0 radical (unpaired) electrons. The van der Waals surface area contributed by atoms with Crippen LogP contribution >= 0.6 is 0 Å². The van der Waals surface area contributed by atoms with Crippen LogP contribution < -0.4 is 5.46 Å². The Morgan fingerprint density at radius 2 is 1.87 bits per heavy atom. The third-order valence-corrected chi connectivity index (χ3v) is 6.07. The van der Waals surface area contributed by atoms with Crippen molar-refractivity contribution in [3.63, 3.8) is 0 Å². The van der Waals surface area contributed by atoms with Crippen LogP contribution in [0.25, 0.3) is 0 Å². The molecule has 1 N–H and O–H groups in total. The standard InChI is InChI=1S/C16H17BFNO3S/c1-10-2-4-11(5-3-10)23(21,22)19-8-12-13(17)6-7-14(18)16(12)15(20)9-19/h2-7,15,20H,8-9,17H2,1H3. The first-order chi connectivity index (χ1) is 10.8. The summed E-state index contributed by atoms with van der Waals surface area (Å²) in [6.45, 7) is 1.79. The molecule has 23 heavy (non-hydrogen) atoms. The summed E-state index contributed by atoms with van der Waals surface area (Å²) in [6, 6.07) is 9.46. The number of β-amino-alcohol motifs (C(OH)–C–C–N with tert-alkyl or cyclic N) is 1. The fourth-order valence-electron chi connectivity index (χ4n) is 2.88. The lowest BCUT2D eigenvalue weighted by molar-refractivity contribution is 0.128. The largest absolute Gasteiger partial charge is 0.387 e. The fourth-order valence-corrected chi connectivity index (χ4v) is 4.30. The number of aryl methyl sites for hydroxylation is 1. The summed E-state index contributed by atoms with van der Waals surface area (Å²) < 4.78 is 40.7. The van der Waals surface area contributed by atoms with E-state index in [2.05, 4.69) is 0 Å². The van der Waals surface area contributed by atoms with E-state index in [1.54, 1.807) is 38.2 Å². The van der Waals surface area contributed by atoms with Crippen LogP contribution in [0.1, 0.15) is 22.8 Å². The highest BCUT2D eigenvalue weighted by Gasteiger charge is 2.34. The third kappa shape index (κ3) is 2.80. The molecular weight excluding hydrogens is 316 g/mol. The van der Waals surface area contributed by atoms with E-state index in [-0.39, 0.29) is 23.5 Å². The van der Waals surface area contributed by atoms with Gasteiger partial charge in [-0.25, -0.2) is 12.8 Å². The number of benzene rings is 2. The molecule has 1 unspecified atom stereocenters. The maximum absolute atomic E-state index is 14.0. The molecule has 1 aliphatic rings. The Bertz CT molecular complexity index is 852. The SMILES string of the molecule is Bc1ccc(F)c2c1CN(S(=O)(=O)c1ccc(C)cc1)CC2O. The van der Waals surface area contributed by atoms with Gasteiger partial charge in [0.2, 0.25) is 10.0 Å². The molecule has 120 valence electrons. The fraction of sp³-hybridized carbons (Fsp3) is 0.250. The number of aliphatic hydroxyl groups excluding tert-OH is 1. The molecule has 0 bridgehead atoms. The highest BCUT2D eigenvalue weighted by atomic mass is 32.2. The lowest BCUT2D eigenvalue weighted by Crippen LogP contribution is -2.41. The summed E-state index contributed by atoms with van der Waals surface area (Å²) in [6.07, 6.45) is -1.17. The van der Waals surface area contributed by atoms with Gasteiger partial charge in [-0.1, -0.05) is 29.2 Å². The van der Waals surface area contributed by atoms with E-state index in [1.807, 2.05) is 6.92 Å². The summed E-state index contributed by atoms with van der Waals surface area (Å²) in [5.41, 5.74) is 2.48. The normalized spacial score (nSPS) is 18.7. The van der Waals surface area contributed by atoms with Crippen molar-refractivity contribution in [2.24, 2.45) is 0 Å². The molecule has 0 aliphatic carbocycles. The van der Waals surface area contributed by atoms with Crippen LogP contribution in [0.4, 0.5) is 4.39 Å². The predicted octanol–water partition coefficient (Wildman–Crippen LogP) is 0.630. The van der Waals surface area contributed by atoms with Crippen molar-refractivity contribution < 1.29 is 17.9 Å². The number of aliphatic hydroxyl groups is 1. The number of halogens is 1. The van der Waals surface area contributed by atoms with Crippen LogP contribution in [-0.2, 0) is 16.6 Å². The van der Waals surface area contributed by atoms with Crippen molar-refractivity contribution in [2.75, 3.05) is 6.54 Å². The monoisotopic (exact) mass is 333 g/mol. The quantitative estimate of drug-likeness (QED) is 0.821. The first-order valence-corrected chi connectivity index (χ1v) is 8.77. The zero-order chi connectivity index (χ0) is 16.8. The van der Waals surface area contributed by atoms with Crippen LogP contribution in [0.15, 0.2) is 41.3 Å². The molecule has 1 aliphatic heterocycles. The van der Waals surface area contributed by atoms with Crippen LogP contribution in [-0.4, -0.2) is 32.2 Å². The second kappa shape index (κ2) is 5.74. The minimum Gasteiger partial charge on any atom is -0.387 e. The maximum Gasteiger partial charge on any atom is 0.243 e. The first-order valence-electron chi connectivity index (χ1n) is 7.33.